The van der Waals surface area contributed by atoms with Crippen molar-refractivity contribution in [2.45, 2.75) is 19.1 Å². The molecule has 2 unspecified atom stereocenters. The summed E-state index contributed by atoms with van der Waals surface area (Å²) in [4.78, 5) is 0. The van der Waals surface area contributed by atoms with Crippen LogP contribution in [0.1, 0.15) is 18.6 Å². The van der Waals surface area contributed by atoms with Crippen molar-refractivity contribution in [1.29, 1.82) is 0 Å². The van der Waals surface area contributed by atoms with E-state index in [1.54, 1.807) is 23.5 Å². The van der Waals surface area contributed by atoms with Gasteiger partial charge in [-0.15, -0.1) is 0 Å². The number of hydrogen-bond donors (Lipinski definition) is 1. The van der Waals surface area contributed by atoms with Crippen LogP contribution in [0.2, 0.25) is 15.1 Å². The minimum absolute atomic E-state index is 0.180. The van der Waals surface area contributed by atoms with Gasteiger partial charge in [0.1, 0.15) is 11.9 Å². The molecule has 2 rings (SSSR count). The van der Waals surface area contributed by atoms with E-state index >= 15 is 0 Å². The fourth-order valence-corrected chi connectivity index (χ4v) is 2.91. The summed E-state index contributed by atoms with van der Waals surface area (Å²) >= 11 is 19.6. The van der Waals surface area contributed by atoms with E-state index in [0.717, 1.165) is 5.56 Å². The lowest BCUT2D eigenvalue weighted by Gasteiger charge is -2.22. The highest BCUT2D eigenvalue weighted by Crippen LogP contribution is 2.36. The molecule has 2 nitrogen and oxygen atoms in total. The third kappa shape index (κ3) is 3.56. The van der Waals surface area contributed by atoms with Crippen molar-refractivity contribution in [3.8, 4) is 5.75 Å². The first-order valence-corrected chi connectivity index (χ1v) is 7.65. The first-order chi connectivity index (χ1) is 8.99. The fraction of sp³-hybridized carbons (Fsp3) is 0.231. The van der Waals surface area contributed by atoms with Crippen molar-refractivity contribution in [2.75, 3.05) is 0 Å². The molecule has 1 aromatic heterocycles. The lowest BCUT2D eigenvalue weighted by atomic mass is 10.1. The summed E-state index contributed by atoms with van der Waals surface area (Å²) in [5.41, 5.74) is 6.99. The summed E-state index contributed by atoms with van der Waals surface area (Å²) in [5.74, 6) is 0.476. The third-order valence-electron chi connectivity index (χ3n) is 2.58. The Kier molecular flexibility index (Phi) is 4.98. The Hall–Kier alpha value is -0.450. The fourth-order valence-electron chi connectivity index (χ4n) is 1.65. The van der Waals surface area contributed by atoms with Crippen LogP contribution in [-0.4, -0.2) is 6.04 Å². The average Bonchev–Trinajstić information content (AvgIpc) is 2.85. The van der Waals surface area contributed by atoms with Crippen LogP contribution in [0.25, 0.3) is 0 Å². The maximum absolute atomic E-state index is 6.11. The Balaban J connectivity index is 2.30. The minimum Gasteiger partial charge on any atom is -0.482 e. The summed E-state index contributed by atoms with van der Waals surface area (Å²) in [6, 6.07) is 4.96. The van der Waals surface area contributed by atoms with Gasteiger partial charge in [-0.05, 0) is 29.8 Å². The molecule has 6 heteroatoms. The number of ether oxygens (including phenoxy) is 1. The van der Waals surface area contributed by atoms with Crippen molar-refractivity contribution >= 4 is 46.1 Å². The van der Waals surface area contributed by atoms with Crippen LogP contribution in [0.5, 0.6) is 5.75 Å². The molecule has 0 bridgehead atoms. The lowest BCUT2D eigenvalue weighted by molar-refractivity contribution is 0.181. The predicted molar refractivity (Wildman–Crippen MR) is 82.8 cm³/mol. The quantitative estimate of drug-likeness (QED) is 0.781. The summed E-state index contributed by atoms with van der Waals surface area (Å²) < 4.78 is 5.89. The number of hydrogen-bond acceptors (Lipinski definition) is 3. The second-order valence-electron chi connectivity index (χ2n) is 4.15. The van der Waals surface area contributed by atoms with Crippen molar-refractivity contribution in [3.05, 3.63) is 49.6 Å². The maximum atomic E-state index is 6.11. The van der Waals surface area contributed by atoms with Gasteiger partial charge in [0.25, 0.3) is 0 Å². The molecule has 2 atom stereocenters. The predicted octanol–water partition coefficient (Wildman–Crippen LogP) is 5.18. The van der Waals surface area contributed by atoms with Crippen LogP contribution in [-0.2, 0) is 0 Å². The van der Waals surface area contributed by atoms with E-state index in [-0.39, 0.29) is 12.1 Å². The Morgan fingerprint density at radius 2 is 1.84 bits per heavy atom. The molecule has 102 valence electrons. The van der Waals surface area contributed by atoms with E-state index in [1.807, 2.05) is 23.8 Å². The molecule has 0 amide bonds. The van der Waals surface area contributed by atoms with E-state index in [9.17, 15) is 0 Å². The molecule has 0 aliphatic carbocycles. The molecular formula is C13H12Cl3NOS. The molecular weight excluding hydrogens is 325 g/mol. The molecule has 0 spiro atoms. The van der Waals surface area contributed by atoms with Crippen LogP contribution >= 0.6 is 46.1 Å². The van der Waals surface area contributed by atoms with E-state index < -0.39 is 0 Å². The molecule has 0 aliphatic heterocycles. The van der Waals surface area contributed by atoms with Gasteiger partial charge in [0.05, 0.1) is 15.1 Å². The summed E-state index contributed by atoms with van der Waals surface area (Å²) in [5, 5.41) is 5.18. The highest BCUT2D eigenvalue weighted by Gasteiger charge is 2.20. The second kappa shape index (κ2) is 6.33. The van der Waals surface area contributed by atoms with Crippen LogP contribution in [0.15, 0.2) is 29.0 Å². The molecule has 0 fully saturated rings. The van der Waals surface area contributed by atoms with Crippen molar-refractivity contribution in [3.63, 3.8) is 0 Å². The van der Waals surface area contributed by atoms with Crippen LogP contribution in [0.4, 0.5) is 0 Å². The highest BCUT2D eigenvalue weighted by molar-refractivity contribution is 7.07. The van der Waals surface area contributed by atoms with Gasteiger partial charge in [0.2, 0.25) is 0 Å². The molecule has 2 N–H and O–H groups in total. The highest BCUT2D eigenvalue weighted by atomic mass is 35.5. The number of thiophene rings is 1. The van der Waals surface area contributed by atoms with Crippen molar-refractivity contribution < 1.29 is 4.74 Å². The number of nitrogens with two attached hydrogens (primary N) is 1. The molecule has 1 heterocycles. The SMILES string of the molecule is CC(N)C(Oc1cc(Cl)c(Cl)cc1Cl)c1ccsc1. The zero-order valence-corrected chi connectivity index (χ0v) is 13.2. The first-order valence-electron chi connectivity index (χ1n) is 5.58. The van der Waals surface area contributed by atoms with E-state index in [4.69, 9.17) is 45.3 Å². The second-order valence-corrected chi connectivity index (χ2v) is 6.15. The smallest absolute Gasteiger partial charge is 0.140 e. The van der Waals surface area contributed by atoms with Crippen molar-refractivity contribution in [1.82, 2.24) is 0 Å². The Labute approximate surface area is 131 Å². The third-order valence-corrected chi connectivity index (χ3v) is 4.30. The molecule has 19 heavy (non-hydrogen) atoms. The molecule has 2 aromatic rings. The Morgan fingerprint density at radius 3 is 2.42 bits per heavy atom. The number of benzene rings is 1. The monoisotopic (exact) mass is 335 g/mol. The van der Waals surface area contributed by atoms with E-state index in [0.29, 0.717) is 20.8 Å². The topological polar surface area (TPSA) is 35.2 Å². The minimum atomic E-state index is -0.277. The van der Waals surface area contributed by atoms with Gasteiger partial charge in [-0.2, -0.15) is 11.3 Å². The summed E-state index contributed by atoms with van der Waals surface area (Å²) in [6.07, 6.45) is -0.277. The van der Waals surface area contributed by atoms with Crippen molar-refractivity contribution in [2.24, 2.45) is 5.73 Å². The van der Waals surface area contributed by atoms with Crippen LogP contribution < -0.4 is 10.5 Å². The first kappa shape index (κ1) is 14.9. The largest absolute Gasteiger partial charge is 0.482 e. The van der Waals surface area contributed by atoms with E-state index in [2.05, 4.69) is 0 Å². The average molecular weight is 337 g/mol. The van der Waals surface area contributed by atoms with Gasteiger partial charge in [-0.3, -0.25) is 0 Å². The zero-order chi connectivity index (χ0) is 14.0. The van der Waals surface area contributed by atoms with Gasteiger partial charge in [-0.25, -0.2) is 0 Å². The van der Waals surface area contributed by atoms with Gasteiger partial charge >= 0.3 is 0 Å². The van der Waals surface area contributed by atoms with Crippen LogP contribution in [0, 0.1) is 0 Å². The van der Waals surface area contributed by atoms with E-state index in [1.165, 1.54) is 0 Å². The van der Waals surface area contributed by atoms with Gasteiger partial charge in [-0.1, -0.05) is 34.8 Å². The summed E-state index contributed by atoms with van der Waals surface area (Å²) in [6.45, 7) is 1.88. The summed E-state index contributed by atoms with van der Waals surface area (Å²) in [7, 11) is 0. The Bertz CT molecular complexity index is 557. The molecule has 1 aromatic carbocycles. The van der Waals surface area contributed by atoms with Gasteiger partial charge in [0, 0.05) is 17.7 Å². The molecule has 0 saturated heterocycles. The maximum Gasteiger partial charge on any atom is 0.140 e. The zero-order valence-electron chi connectivity index (χ0n) is 10.1. The Morgan fingerprint density at radius 1 is 1.16 bits per heavy atom. The molecule has 0 saturated carbocycles. The normalized spacial score (nSPS) is 14.2. The van der Waals surface area contributed by atoms with Gasteiger partial charge < -0.3 is 10.5 Å². The molecule has 0 radical (unpaired) electrons. The number of rotatable bonds is 4. The van der Waals surface area contributed by atoms with Gasteiger partial charge in [0.15, 0.2) is 0 Å². The molecule has 0 aliphatic rings. The standard InChI is InChI=1S/C13H12Cl3NOS/c1-7(17)13(8-2-3-19-6-8)18-12-5-10(15)9(14)4-11(12)16/h2-7,13H,17H2,1H3. The number of halogens is 3. The van der Waals surface area contributed by atoms with Crippen LogP contribution in [0.3, 0.4) is 0 Å². The lowest BCUT2D eigenvalue weighted by Crippen LogP contribution is -2.28.